The van der Waals surface area contributed by atoms with Crippen molar-refractivity contribution in [1.29, 1.82) is 0 Å². The number of carbonyl (C=O) groups excluding carboxylic acids is 1. The summed E-state index contributed by atoms with van der Waals surface area (Å²) >= 11 is 11.3. The Morgan fingerprint density at radius 2 is 1.90 bits per heavy atom. The van der Waals surface area contributed by atoms with Crippen molar-refractivity contribution in [3.8, 4) is 23.0 Å². The molecule has 31 heavy (non-hydrogen) atoms. The number of aromatic nitrogens is 1. The third kappa shape index (κ3) is 4.03. The van der Waals surface area contributed by atoms with Crippen LogP contribution in [0, 0.1) is 0 Å². The third-order valence-corrected chi connectivity index (χ3v) is 5.02. The highest BCUT2D eigenvalue weighted by atomic mass is 35.5. The van der Waals surface area contributed by atoms with Crippen molar-refractivity contribution in [1.82, 2.24) is 10.3 Å². The molecule has 0 atom stereocenters. The monoisotopic (exact) mass is 451 g/mol. The van der Waals surface area contributed by atoms with E-state index in [1.54, 1.807) is 36.4 Å². The first kappa shape index (κ1) is 19.3. The number of hydrogen-bond acceptors (Lipinski definition) is 6. The fraction of sp³-hybridized carbons (Fsp3) is 0.0455. The topological polar surface area (TPSA) is 85.6 Å². The lowest BCUT2D eigenvalue weighted by molar-refractivity contribution is 0.0977. The van der Waals surface area contributed by atoms with Crippen molar-refractivity contribution in [2.45, 2.75) is 0 Å². The molecule has 0 bridgehead atoms. The Balaban J connectivity index is 1.29. The molecule has 0 saturated carbocycles. The molecule has 0 saturated heterocycles. The van der Waals surface area contributed by atoms with Gasteiger partial charge in [0.15, 0.2) is 22.2 Å². The van der Waals surface area contributed by atoms with E-state index in [4.69, 9.17) is 37.7 Å². The lowest BCUT2D eigenvalue weighted by atomic mass is 10.2. The number of thiocarbonyl (C=S) groups is 1. The van der Waals surface area contributed by atoms with Crippen molar-refractivity contribution in [3.05, 3.63) is 71.2 Å². The second-order valence-electron chi connectivity index (χ2n) is 6.69. The maximum absolute atomic E-state index is 12.5. The van der Waals surface area contributed by atoms with Gasteiger partial charge in [-0.25, -0.2) is 4.98 Å². The van der Waals surface area contributed by atoms with E-state index in [-0.39, 0.29) is 17.8 Å². The van der Waals surface area contributed by atoms with E-state index < -0.39 is 0 Å². The first-order chi connectivity index (χ1) is 15.0. The molecular weight excluding hydrogens is 438 g/mol. The van der Waals surface area contributed by atoms with Gasteiger partial charge in [0.1, 0.15) is 5.52 Å². The van der Waals surface area contributed by atoms with Gasteiger partial charge in [0, 0.05) is 21.8 Å². The second-order valence-corrected chi connectivity index (χ2v) is 7.53. The van der Waals surface area contributed by atoms with E-state index in [2.05, 4.69) is 15.6 Å². The fourth-order valence-corrected chi connectivity index (χ4v) is 3.51. The number of carbonyl (C=O) groups is 1. The van der Waals surface area contributed by atoms with Crippen LogP contribution in [-0.2, 0) is 0 Å². The summed E-state index contributed by atoms with van der Waals surface area (Å²) in [6.45, 7) is 0.143. The second kappa shape index (κ2) is 7.90. The summed E-state index contributed by atoms with van der Waals surface area (Å²) in [7, 11) is 0. The molecule has 0 fully saturated rings. The molecule has 154 valence electrons. The van der Waals surface area contributed by atoms with Crippen LogP contribution in [0.4, 0.5) is 5.69 Å². The van der Waals surface area contributed by atoms with Gasteiger partial charge < -0.3 is 19.2 Å². The van der Waals surface area contributed by atoms with Gasteiger partial charge in [-0.1, -0.05) is 17.7 Å². The van der Waals surface area contributed by atoms with Crippen LogP contribution >= 0.6 is 23.8 Å². The molecule has 1 aromatic heterocycles. The van der Waals surface area contributed by atoms with Crippen LogP contribution in [0.3, 0.4) is 0 Å². The number of hydrogen-bond donors (Lipinski definition) is 2. The third-order valence-electron chi connectivity index (χ3n) is 4.58. The number of benzene rings is 3. The van der Waals surface area contributed by atoms with E-state index in [1.165, 1.54) is 0 Å². The van der Waals surface area contributed by atoms with E-state index in [1.807, 2.05) is 24.3 Å². The normalized spacial score (nSPS) is 12.0. The lowest BCUT2D eigenvalue weighted by Crippen LogP contribution is -2.34. The molecule has 1 aliphatic rings. The van der Waals surface area contributed by atoms with Gasteiger partial charge in [-0.2, -0.15) is 0 Å². The molecule has 0 spiro atoms. The van der Waals surface area contributed by atoms with Crippen molar-refractivity contribution in [3.63, 3.8) is 0 Å². The summed E-state index contributed by atoms with van der Waals surface area (Å²) in [6, 6.07) is 17.6. The van der Waals surface area contributed by atoms with Crippen LogP contribution in [0.2, 0.25) is 5.02 Å². The molecule has 1 amide bonds. The van der Waals surface area contributed by atoms with Crippen LogP contribution in [0.5, 0.6) is 11.5 Å². The van der Waals surface area contributed by atoms with E-state index in [0.717, 1.165) is 5.56 Å². The van der Waals surface area contributed by atoms with Gasteiger partial charge in [-0.15, -0.1) is 0 Å². The van der Waals surface area contributed by atoms with Crippen molar-refractivity contribution >= 4 is 51.6 Å². The summed E-state index contributed by atoms with van der Waals surface area (Å²) < 4.78 is 16.4. The zero-order valence-corrected chi connectivity index (χ0v) is 17.4. The Morgan fingerprint density at radius 3 is 2.81 bits per heavy atom. The molecule has 5 rings (SSSR count). The molecule has 2 heterocycles. The fourth-order valence-electron chi connectivity index (χ4n) is 3.13. The minimum atomic E-state index is -0.359. The summed E-state index contributed by atoms with van der Waals surface area (Å²) in [5.41, 5.74) is 3.15. The standard InChI is InChI=1S/C22H14ClN3O4S/c23-14-5-7-17-16(10-14)25-21(30-17)13-2-1-3-15(8-13)24-22(31)26-20(27)12-4-6-18-19(9-12)29-11-28-18/h1-10H,11H2,(H2,24,26,27,31). The number of anilines is 1. The molecule has 0 unspecified atom stereocenters. The van der Waals surface area contributed by atoms with Crippen LogP contribution < -0.4 is 20.1 Å². The molecule has 9 heteroatoms. The number of ether oxygens (including phenoxy) is 2. The molecule has 0 aliphatic carbocycles. The Morgan fingerprint density at radius 1 is 1.03 bits per heavy atom. The molecular formula is C22H14ClN3O4S. The Kier molecular flexibility index (Phi) is 4.93. The number of fused-ring (bicyclic) bond motifs is 2. The van der Waals surface area contributed by atoms with Gasteiger partial charge in [0.2, 0.25) is 12.7 Å². The minimum absolute atomic E-state index is 0.143. The van der Waals surface area contributed by atoms with Crippen LogP contribution in [-0.4, -0.2) is 22.8 Å². The maximum atomic E-state index is 12.5. The van der Waals surface area contributed by atoms with Crippen LogP contribution in [0.1, 0.15) is 10.4 Å². The predicted octanol–water partition coefficient (Wildman–Crippen LogP) is 5.00. The van der Waals surface area contributed by atoms with Gasteiger partial charge in [0.25, 0.3) is 5.91 Å². The molecule has 3 aromatic carbocycles. The average Bonchev–Trinajstić information content (AvgIpc) is 3.39. The largest absolute Gasteiger partial charge is 0.454 e. The summed E-state index contributed by atoms with van der Waals surface area (Å²) in [5, 5.41) is 6.40. The Labute approximate surface area is 186 Å². The van der Waals surface area contributed by atoms with E-state index in [9.17, 15) is 4.79 Å². The highest BCUT2D eigenvalue weighted by Gasteiger charge is 2.17. The van der Waals surface area contributed by atoms with Crippen molar-refractivity contribution in [2.24, 2.45) is 0 Å². The number of oxazole rings is 1. The average molecular weight is 452 g/mol. The van der Waals surface area contributed by atoms with Gasteiger partial charge in [0.05, 0.1) is 0 Å². The highest BCUT2D eigenvalue weighted by Crippen LogP contribution is 2.32. The van der Waals surface area contributed by atoms with Gasteiger partial charge in [-0.3, -0.25) is 10.1 Å². The number of amides is 1. The van der Waals surface area contributed by atoms with Gasteiger partial charge in [-0.05, 0) is 66.8 Å². The first-order valence-corrected chi connectivity index (χ1v) is 10.0. The Hall–Kier alpha value is -3.62. The summed E-state index contributed by atoms with van der Waals surface area (Å²) in [4.78, 5) is 17.0. The number of nitrogens with one attached hydrogen (secondary N) is 2. The van der Waals surface area contributed by atoms with Crippen molar-refractivity contribution in [2.75, 3.05) is 12.1 Å². The van der Waals surface area contributed by atoms with Crippen molar-refractivity contribution < 1.29 is 18.7 Å². The van der Waals surface area contributed by atoms with Crippen LogP contribution in [0.25, 0.3) is 22.6 Å². The highest BCUT2D eigenvalue weighted by molar-refractivity contribution is 7.80. The molecule has 7 nitrogen and oxygen atoms in total. The molecule has 1 aliphatic heterocycles. The number of rotatable bonds is 3. The minimum Gasteiger partial charge on any atom is -0.454 e. The van der Waals surface area contributed by atoms with Gasteiger partial charge >= 0.3 is 0 Å². The SMILES string of the molecule is O=C(NC(=S)Nc1cccc(-c2nc3cc(Cl)ccc3o2)c1)c1ccc2c(c1)OCO2. The smallest absolute Gasteiger partial charge is 0.257 e. The quantitative estimate of drug-likeness (QED) is 0.424. The summed E-state index contributed by atoms with van der Waals surface area (Å²) in [5.74, 6) is 1.23. The lowest BCUT2D eigenvalue weighted by Gasteiger charge is -2.10. The van der Waals surface area contributed by atoms with E-state index >= 15 is 0 Å². The Bertz CT molecular complexity index is 1340. The zero-order valence-electron chi connectivity index (χ0n) is 15.8. The van der Waals surface area contributed by atoms with Crippen LogP contribution in [0.15, 0.2) is 65.1 Å². The molecule has 0 radical (unpaired) electrons. The number of nitrogens with zero attached hydrogens (tertiary/aromatic N) is 1. The first-order valence-electron chi connectivity index (χ1n) is 9.24. The molecule has 2 N–H and O–H groups in total. The number of halogens is 1. The molecule has 4 aromatic rings. The maximum Gasteiger partial charge on any atom is 0.257 e. The predicted molar refractivity (Wildman–Crippen MR) is 121 cm³/mol. The summed E-state index contributed by atoms with van der Waals surface area (Å²) in [6.07, 6.45) is 0. The zero-order chi connectivity index (χ0) is 21.4. The van der Waals surface area contributed by atoms with E-state index in [0.29, 0.717) is 44.8 Å².